The van der Waals surface area contributed by atoms with Crippen LogP contribution in [-0.4, -0.2) is 40.7 Å². The first-order valence-electron chi connectivity index (χ1n) is 7.10. The van der Waals surface area contributed by atoms with Crippen molar-refractivity contribution in [3.8, 4) is 0 Å². The Hall–Kier alpha value is -0.0600. The van der Waals surface area contributed by atoms with Crippen molar-refractivity contribution in [2.24, 2.45) is 5.92 Å². The van der Waals surface area contributed by atoms with Gasteiger partial charge in [0, 0.05) is 12.5 Å². The van der Waals surface area contributed by atoms with Crippen LogP contribution >= 0.6 is 11.8 Å². The van der Waals surface area contributed by atoms with Gasteiger partial charge in [-0.2, -0.15) is 11.8 Å². The summed E-state index contributed by atoms with van der Waals surface area (Å²) in [5.41, 5.74) is -0.0598. The fourth-order valence-electron chi connectivity index (χ4n) is 3.05. The first-order valence-corrected chi connectivity index (χ1v) is 8.26. The quantitative estimate of drug-likeness (QED) is 0.853. The highest BCUT2D eigenvalue weighted by Crippen LogP contribution is 2.40. The summed E-state index contributed by atoms with van der Waals surface area (Å²) in [5, 5.41) is 9.86. The zero-order chi connectivity index (χ0) is 13.0. The molecule has 18 heavy (non-hydrogen) atoms. The van der Waals surface area contributed by atoms with E-state index in [0.717, 1.165) is 43.6 Å². The molecule has 104 valence electrons. The molecule has 4 heteroatoms. The summed E-state index contributed by atoms with van der Waals surface area (Å²) >= 11 is 1.97. The first kappa shape index (κ1) is 14.4. The highest BCUT2D eigenvalue weighted by atomic mass is 32.2. The number of ether oxygens (including phenoxy) is 1. The van der Waals surface area contributed by atoms with Gasteiger partial charge in [0.1, 0.15) is 6.10 Å². The normalized spacial score (nSPS) is 29.1. The molecule has 2 atom stereocenters. The molecule has 2 fully saturated rings. The van der Waals surface area contributed by atoms with Crippen LogP contribution in [0.4, 0.5) is 0 Å². The number of hydrogen-bond acceptors (Lipinski definition) is 4. The second-order valence-electron chi connectivity index (χ2n) is 5.54. The molecule has 2 heterocycles. The average Bonchev–Trinajstić information content (AvgIpc) is 2.39. The molecule has 2 aliphatic rings. The molecule has 1 spiro atoms. The smallest absolute Gasteiger partial charge is 0.164 e. The van der Waals surface area contributed by atoms with Crippen molar-refractivity contribution in [2.75, 3.05) is 18.1 Å². The van der Waals surface area contributed by atoms with Gasteiger partial charge < -0.3 is 9.84 Å². The number of thioether (sulfide) groups is 1. The predicted molar refractivity (Wildman–Crippen MR) is 73.9 cm³/mol. The molecule has 0 aromatic heterocycles. The van der Waals surface area contributed by atoms with Gasteiger partial charge in [-0.1, -0.05) is 13.3 Å². The van der Waals surface area contributed by atoms with E-state index in [-0.39, 0.29) is 17.3 Å². The van der Waals surface area contributed by atoms with E-state index in [0.29, 0.717) is 13.0 Å². The molecule has 2 rings (SSSR count). The van der Waals surface area contributed by atoms with Crippen molar-refractivity contribution in [3.05, 3.63) is 0 Å². The van der Waals surface area contributed by atoms with Crippen LogP contribution in [0.3, 0.4) is 0 Å². The Morgan fingerprint density at radius 1 is 1.50 bits per heavy atom. The van der Waals surface area contributed by atoms with Crippen LogP contribution in [0.5, 0.6) is 0 Å². The monoisotopic (exact) mass is 272 g/mol. The van der Waals surface area contributed by atoms with Gasteiger partial charge in [0.15, 0.2) is 5.78 Å². The van der Waals surface area contributed by atoms with E-state index in [2.05, 4.69) is 0 Å². The molecule has 0 aromatic rings. The third-order valence-corrected chi connectivity index (χ3v) is 5.18. The van der Waals surface area contributed by atoms with Crippen LogP contribution in [0.25, 0.3) is 0 Å². The Morgan fingerprint density at radius 3 is 2.89 bits per heavy atom. The van der Waals surface area contributed by atoms with Gasteiger partial charge in [-0.3, -0.25) is 4.79 Å². The molecule has 0 aromatic carbocycles. The van der Waals surface area contributed by atoms with Gasteiger partial charge in [-0.15, -0.1) is 0 Å². The van der Waals surface area contributed by atoms with Gasteiger partial charge in [-0.05, 0) is 43.6 Å². The molecule has 2 saturated heterocycles. The fourth-order valence-corrected chi connectivity index (χ4v) is 4.29. The van der Waals surface area contributed by atoms with Gasteiger partial charge in [0.25, 0.3) is 0 Å². The first-order chi connectivity index (χ1) is 8.67. The lowest BCUT2D eigenvalue weighted by Gasteiger charge is -2.43. The van der Waals surface area contributed by atoms with Crippen LogP contribution in [0.15, 0.2) is 0 Å². The van der Waals surface area contributed by atoms with Crippen molar-refractivity contribution < 1.29 is 14.6 Å². The van der Waals surface area contributed by atoms with Gasteiger partial charge in [-0.25, -0.2) is 0 Å². The number of carbonyl (C=O) groups is 1. The predicted octanol–water partition coefficient (Wildman–Crippen LogP) is 2.41. The fraction of sp³-hybridized carbons (Fsp3) is 0.929. The molecule has 0 bridgehead atoms. The van der Waals surface area contributed by atoms with E-state index in [1.807, 2.05) is 18.7 Å². The maximum Gasteiger partial charge on any atom is 0.164 e. The molecule has 3 nitrogen and oxygen atoms in total. The van der Waals surface area contributed by atoms with E-state index in [9.17, 15) is 9.90 Å². The number of Topliss-reactive ketones (excluding diaryl/α,β-unsaturated/α-hetero) is 1. The van der Waals surface area contributed by atoms with Crippen LogP contribution in [-0.2, 0) is 9.53 Å². The van der Waals surface area contributed by atoms with Crippen molar-refractivity contribution >= 4 is 17.5 Å². The summed E-state index contributed by atoms with van der Waals surface area (Å²) in [5.74, 6) is 2.35. The van der Waals surface area contributed by atoms with Gasteiger partial charge in [0.05, 0.1) is 5.60 Å². The summed E-state index contributed by atoms with van der Waals surface area (Å²) in [7, 11) is 0. The lowest BCUT2D eigenvalue weighted by Crippen LogP contribution is -2.46. The minimum absolute atomic E-state index is 0.0170. The number of ketones is 1. The number of carbonyl (C=O) groups excluding carboxylic acids is 1. The van der Waals surface area contributed by atoms with Gasteiger partial charge in [0.2, 0.25) is 0 Å². The summed E-state index contributed by atoms with van der Waals surface area (Å²) in [6.45, 7) is 2.68. The number of aliphatic hydroxyl groups excluding tert-OH is 1. The Balaban J connectivity index is 1.95. The molecule has 0 radical (unpaired) electrons. The van der Waals surface area contributed by atoms with E-state index in [4.69, 9.17) is 4.74 Å². The Labute approximate surface area is 114 Å². The maximum atomic E-state index is 12.2. The summed E-state index contributed by atoms with van der Waals surface area (Å²) < 4.78 is 5.98. The molecular weight excluding hydrogens is 248 g/mol. The summed E-state index contributed by atoms with van der Waals surface area (Å²) in [6.07, 6.45) is 4.43. The standard InChI is InChI=1S/C14H24O3S/c1-2-3-12(15)13(16)11-4-7-17-14(10-11)5-8-18-9-6-14/h11-12,15H,2-10H2,1H3. The Bertz CT molecular complexity index is 281. The lowest BCUT2D eigenvalue weighted by molar-refractivity contribution is -0.145. The lowest BCUT2D eigenvalue weighted by atomic mass is 9.78. The van der Waals surface area contributed by atoms with Crippen molar-refractivity contribution in [1.29, 1.82) is 0 Å². The molecular formula is C14H24O3S. The summed E-state index contributed by atoms with van der Waals surface area (Å²) in [6, 6.07) is 0. The molecule has 2 unspecified atom stereocenters. The average molecular weight is 272 g/mol. The van der Waals surface area contributed by atoms with Crippen molar-refractivity contribution in [2.45, 2.75) is 57.2 Å². The number of rotatable bonds is 4. The largest absolute Gasteiger partial charge is 0.385 e. The zero-order valence-electron chi connectivity index (χ0n) is 11.2. The van der Waals surface area contributed by atoms with Crippen LogP contribution in [0.1, 0.15) is 45.4 Å². The Kier molecular flexibility index (Phi) is 5.10. The number of hydrogen-bond donors (Lipinski definition) is 1. The molecule has 1 N–H and O–H groups in total. The third kappa shape index (κ3) is 3.28. The third-order valence-electron chi connectivity index (χ3n) is 4.19. The molecule has 0 saturated carbocycles. The van der Waals surface area contributed by atoms with Crippen molar-refractivity contribution in [1.82, 2.24) is 0 Å². The second-order valence-corrected chi connectivity index (χ2v) is 6.77. The molecule has 0 amide bonds. The van der Waals surface area contributed by atoms with Crippen LogP contribution < -0.4 is 0 Å². The van der Waals surface area contributed by atoms with E-state index >= 15 is 0 Å². The minimum atomic E-state index is -0.756. The zero-order valence-corrected chi connectivity index (χ0v) is 12.0. The van der Waals surface area contributed by atoms with Crippen molar-refractivity contribution in [3.63, 3.8) is 0 Å². The second kappa shape index (κ2) is 6.40. The number of aliphatic hydroxyl groups is 1. The van der Waals surface area contributed by atoms with E-state index in [1.54, 1.807) is 0 Å². The molecule has 0 aliphatic carbocycles. The van der Waals surface area contributed by atoms with Gasteiger partial charge >= 0.3 is 0 Å². The highest BCUT2D eigenvalue weighted by Gasteiger charge is 2.41. The van der Waals surface area contributed by atoms with E-state index < -0.39 is 6.10 Å². The highest BCUT2D eigenvalue weighted by molar-refractivity contribution is 7.99. The Morgan fingerprint density at radius 2 is 2.22 bits per heavy atom. The topological polar surface area (TPSA) is 46.5 Å². The van der Waals surface area contributed by atoms with Crippen LogP contribution in [0.2, 0.25) is 0 Å². The van der Waals surface area contributed by atoms with E-state index in [1.165, 1.54) is 0 Å². The SMILES string of the molecule is CCCC(O)C(=O)C1CCOC2(CCSCC2)C1. The maximum absolute atomic E-state index is 12.2. The summed E-state index contributed by atoms with van der Waals surface area (Å²) in [4.78, 5) is 12.2. The minimum Gasteiger partial charge on any atom is -0.385 e. The van der Waals surface area contributed by atoms with Crippen LogP contribution in [0, 0.1) is 5.92 Å². The molecule has 2 aliphatic heterocycles.